The van der Waals surface area contributed by atoms with Crippen molar-refractivity contribution in [3.8, 4) is 0 Å². The van der Waals surface area contributed by atoms with Gasteiger partial charge < -0.3 is 10.4 Å². The highest BCUT2D eigenvalue weighted by atomic mass is 16.4. The number of amides is 1. The summed E-state index contributed by atoms with van der Waals surface area (Å²) in [5.74, 6) is -1.40. The second-order valence-electron chi connectivity index (χ2n) is 4.86. The standard InChI is InChI=1S/C14H21N3O4/c1-3-7-17-12(18)6-5-11(16-17)14(21)15-9-10(4-2)8-13(19)20/h5-6,10H,3-4,7-9H2,1-2H3,(H,15,21)(H,19,20). The lowest BCUT2D eigenvalue weighted by Crippen LogP contribution is -2.33. The van der Waals surface area contributed by atoms with Gasteiger partial charge in [-0.25, -0.2) is 4.68 Å². The lowest BCUT2D eigenvalue weighted by Gasteiger charge is -2.13. The van der Waals surface area contributed by atoms with Crippen molar-refractivity contribution in [3.05, 3.63) is 28.2 Å². The van der Waals surface area contributed by atoms with Gasteiger partial charge in [0.25, 0.3) is 11.5 Å². The van der Waals surface area contributed by atoms with Gasteiger partial charge in [-0.2, -0.15) is 5.10 Å². The van der Waals surface area contributed by atoms with Crippen LogP contribution in [0.15, 0.2) is 16.9 Å². The highest BCUT2D eigenvalue weighted by molar-refractivity contribution is 5.92. The molecular weight excluding hydrogens is 274 g/mol. The Hall–Kier alpha value is -2.18. The number of rotatable bonds is 8. The molecule has 1 aromatic heterocycles. The molecule has 0 spiro atoms. The lowest BCUT2D eigenvalue weighted by atomic mass is 10.0. The van der Waals surface area contributed by atoms with Crippen molar-refractivity contribution >= 4 is 11.9 Å². The third-order valence-corrected chi connectivity index (χ3v) is 3.13. The predicted molar refractivity (Wildman–Crippen MR) is 77.2 cm³/mol. The van der Waals surface area contributed by atoms with Crippen LogP contribution in [0.2, 0.25) is 0 Å². The number of aryl methyl sites for hydroxylation is 1. The number of aromatic nitrogens is 2. The Morgan fingerprint density at radius 2 is 2.10 bits per heavy atom. The van der Waals surface area contributed by atoms with Crippen LogP contribution in [-0.4, -0.2) is 33.3 Å². The molecule has 7 nitrogen and oxygen atoms in total. The summed E-state index contributed by atoms with van der Waals surface area (Å²) in [6.07, 6.45) is 1.42. The number of carboxylic acid groups (broad SMARTS) is 1. The van der Waals surface area contributed by atoms with Gasteiger partial charge in [-0.3, -0.25) is 14.4 Å². The molecule has 1 heterocycles. The van der Waals surface area contributed by atoms with Gasteiger partial charge in [0.2, 0.25) is 0 Å². The Labute approximate surface area is 123 Å². The van der Waals surface area contributed by atoms with E-state index in [1.165, 1.54) is 16.8 Å². The van der Waals surface area contributed by atoms with E-state index >= 15 is 0 Å². The van der Waals surface area contributed by atoms with Gasteiger partial charge in [0.1, 0.15) is 5.69 Å². The number of carboxylic acids is 1. The largest absolute Gasteiger partial charge is 0.481 e. The summed E-state index contributed by atoms with van der Waals surface area (Å²) in [7, 11) is 0. The summed E-state index contributed by atoms with van der Waals surface area (Å²) in [6, 6.07) is 2.69. The second kappa shape index (κ2) is 8.18. The second-order valence-corrected chi connectivity index (χ2v) is 4.86. The molecule has 0 fully saturated rings. The number of aliphatic carboxylic acids is 1. The molecule has 0 saturated carbocycles. The van der Waals surface area contributed by atoms with Gasteiger partial charge >= 0.3 is 5.97 Å². The molecule has 0 aliphatic rings. The van der Waals surface area contributed by atoms with E-state index in [0.717, 1.165) is 6.42 Å². The zero-order chi connectivity index (χ0) is 15.8. The molecule has 0 aliphatic heterocycles. The van der Waals surface area contributed by atoms with E-state index in [-0.39, 0.29) is 30.1 Å². The van der Waals surface area contributed by atoms with Crippen LogP contribution in [0.1, 0.15) is 43.6 Å². The average Bonchev–Trinajstić information content (AvgIpc) is 2.45. The molecule has 7 heteroatoms. The van der Waals surface area contributed by atoms with E-state index in [2.05, 4.69) is 10.4 Å². The van der Waals surface area contributed by atoms with Crippen molar-refractivity contribution in [1.29, 1.82) is 0 Å². The smallest absolute Gasteiger partial charge is 0.303 e. The summed E-state index contributed by atoms with van der Waals surface area (Å²) in [5, 5.41) is 15.4. The highest BCUT2D eigenvalue weighted by Crippen LogP contribution is 2.06. The Balaban J connectivity index is 2.69. The molecule has 0 bridgehead atoms. The highest BCUT2D eigenvalue weighted by Gasteiger charge is 2.14. The van der Waals surface area contributed by atoms with E-state index in [1.807, 2.05) is 13.8 Å². The van der Waals surface area contributed by atoms with Gasteiger partial charge in [0.05, 0.1) is 0 Å². The monoisotopic (exact) mass is 295 g/mol. The fourth-order valence-electron chi connectivity index (χ4n) is 1.88. The zero-order valence-electron chi connectivity index (χ0n) is 12.3. The van der Waals surface area contributed by atoms with Crippen molar-refractivity contribution in [2.24, 2.45) is 5.92 Å². The van der Waals surface area contributed by atoms with Crippen molar-refractivity contribution < 1.29 is 14.7 Å². The molecule has 1 amide bonds. The van der Waals surface area contributed by atoms with Gasteiger partial charge in [-0.05, 0) is 18.4 Å². The number of nitrogens with zero attached hydrogens (tertiary/aromatic N) is 2. The first-order valence-corrected chi connectivity index (χ1v) is 7.06. The number of hydrogen-bond acceptors (Lipinski definition) is 4. The van der Waals surface area contributed by atoms with E-state index in [4.69, 9.17) is 5.11 Å². The topological polar surface area (TPSA) is 101 Å². The SMILES string of the molecule is CCCn1nc(C(=O)NCC(CC)CC(=O)O)ccc1=O. The molecule has 0 radical (unpaired) electrons. The molecule has 0 aliphatic carbocycles. The fourth-order valence-corrected chi connectivity index (χ4v) is 1.88. The van der Waals surface area contributed by atoms with E-state index in [9.17, 15) is 14.4 Å². The van der Waals surface area contributed by atoms with Crippen molar-refractivity contribution in [2.45, 2.75) is 39.7 Å². The quantitative estimate of drug-likeness (QED) is 0.741. The number of carbonyl (C=O) groups excluding carboxylic acids is 1. The first-order chi connectivity index (χ1) is 9.97. The van der Waals surface area contributed by atoms with E-state index in [0.29, 0.717) is 13.0 Å². The van der Waals surface area contributed by atoms with Crippen molar-refractivity contribution in [2.75, 3.05) is 6.54 Å². The Bertz CT molecular complexity index is 553. The van der Waals surface area contributed by atoms with Gasteiger partial charge in [0.15, 0.2) is 0 Å². The fraction of sp³-hybridized carbons (Fsp3) is 0.571. The third-order valence-electron chi connectivity index (χ3n) is 3.13. The van der Waals surface area contributed by atoms with Crippen LogP contribution >= 0.6 is 0 Å². The molecule has 1 rings (SSSR count). The van der Waals surface area contributed by atoms with Crippen LogP contribution in [-0.2, 0) is 11.3 Å². The summed E-state index contributed by atoms with van der Waals surface area (Å²) < 4.78 is 1.25. The lowest BCUT2D eigenvalue weighted by molar-refractivity contribution is -0.138. The minimum Gasteiger partial charge on any atom is -0.481 e. The maximum absolute atomic E-state index is 12.0. The molecule has 1 atom stereocenters. The van der Waals surface area contributed by atoms with Gasteiger partial charge in [0, 0.05) is 25.6 Å². The molecule has 2 N–H and O–H groups in total. The molecule has 0 aromatic carbocycles. The van der Waals surface area contributed by atoms with Crippen molar-refractivity contribution in [1.82, 2.24) is 15.1 Å². The van der Waals surface area contributed by atoms with E-state index < -0.39 is 11.9 Å². The van der Waals surface area contributed by atoms with Crippen molar-refractivity contribution in [3.63, 3.8) is 0 Å². The maximum atomic E-state index is 12.0. The van der Waals surface area contributed by atoms with Crippen LogP contribution in [0.3, 0.4) is 0 Å². The van der Waals surface area contributed by atoms with Crippen LogP contribution in [0.5, 0.6) is 0 Å². The average molecular weight is 295 g/mol. The summed E-state index contributed by atoms with van der Waals surface area (Å²) in [5.41, 5.74) is -0.0843. The van der Waals surface area contributed by atoms with Gasteiger partial charge in [-0.15, -0.1) is 0 Å². The van der Waals surface area contributed by atoms with E-state index in [1.54, 1.807) is 0 Å². The summed E-state index contributed by atoms with van der Waals surface area (Å²) >= 11 is 0. The first kappa shape index (κ1) is 16.9. The minimum absolute atomic E-state index is 0.0134. The number of hydrogen-bond donors (Lipinski definition) is 2. The number of nitrogens with one attached hydrogen (secondary N) is 1. The molecule has 1 aromatic rings. The molecule has 1 unspecified atom stereocenters. The zero-order valence-corrected chi connectivity index (χ0v) is 12.3. The first-order valence-electron chi connectivity index (χ1n) is 7.06. The summed E-state index contributed by atoms with van der Waals surface area (Å²) in [6.45, 7) is 4.52. The van der Waals surface area contributed by atoms with Crippen LogP contribution in [0.4, 0.5) is 0 Å². The summed E-state index contributed by atoms with van der Waals surface area (Å²) in [4.78, 5) is 34.2. The Morgan fingerprint density at radius 1 is 1.38 bits per heavy atom. The number of carbonyl (C=O) groups is 2. The third kappa shape index (κ3) is 5.37. The molecule has 116 valence electrons. The molecular formula is C14H21N3O4. The Morgan fingerprint density at radius 3 is 2.67 bits per heavy atom. The van der Waals surface area contributed by atoms with Crippen LogP contribution < -0.4 is 10.9 Å². The minimum atomic E-state index is -0.884. The van der Waals surface area contributed by atoms with Crippen LogP contribution in [0.25, 0.3) is 0 Å². The van der Waals surface area contributed by atoms with Crippen LogP contribution in [0, 0.1) is 5.92 Å². The molecule has 21 heavy (non-hydrogen) atoms. The maximum Gasteiger partial charge on any atom is 0.303 e. The van der Waals surface area contributed by atoms with Gasteiger partial charge in [-0.1, -0.05) is 20.3 Å². The normalized spacial score (nSPS) is 11.9. The Kier molecular flexibility index (Phi) is 6.58. The molecule has 0 saturated heterocycles. The predicted octanol–water partition coefficient (Wildman–Crippen LogP) is 0.884.